The molecule has 4 N–H and O–H groups in total. The van der Waals surface area contributed by atoms with Crippen molar-refractivity contribution in [2.75, 3.05) is 20.1 Å². The monoisotopic (exact) mass is 493 g/mol. The zero-order chi connectivity index (χ0) is 25.9. The summed E-state index contributed by atoms with van der Waals surface area (Å²) < 4.78 is 24.8. The molecule has 0 radical (unpaired) electrons. The second kappa shape index (κ2) is 10.5. The summed E-state index contributed by atoms with van der Waals surface area (Å²) in [5.41, 5.74) is 5.89. The number of hydrogen-bond donors (Lipinski definition) is 3. The number of fused-ring (bicyclic) bond motifs is 1. The predicted molar refractivity (Wildman–Crippen MR) is 122 cm³/mol. The number of primary amides is 1. The van der Waals surface area contributed by atoms with E-state index in [1.165, 1.54) is 15.9 Å². The smallest absolute Gasteiger partial charge is 0.410 e. The van der Waals surface area contributed by atoms with Gasteiger partial charge in [0.05, 0.1) is 13.1 Å². The van der Waals surface area contributed by atoms with E-state index in [0.29, 0.717) is 11.1 Å². The highest BCUT2D eigenvalue weighted by molar-refractivity contribution is 5.91. The molecule has 1 fully saturated rings. The van der Waals surface area contributed by atoms with Crippen molar-refractivity contribution in [2.45, 2.75) is 64.1 Å². The number of nitrogens with two attached hydrogens (primary N) is 1. The Bertz CT molecular complexity index is 997. The maximum Gasteiger partial charge on any atom is 0.410 e. The number of likely N-dealkylation sites (tertiary alicyclic amines) is 1. The van der Waals surface area contributed by atoms with Crippen LogP contribution in [0.25, 0.3) is 0 Å². The van der Waals surface area contributed by atoms with Crippen molar-refractivity contribution < 1.29 is 33.0 Å². The number of hydrogen-bond acceptors (Lipinski definition) is 7. The first-order chi connectivity index (χ1) is 16.4. The van der Waals surface area contributed by atoms with E-state index in [4.69, 9.17) is 15.2 Å². The quantitative estimate of drug-likeness (QED) is 0.533. The van der Waals surface area contributed by atoms with Crippen molar-refractivity contribution in [3.63, 3.8) is 0 Å². The standard InChI is InChI=1S/C23H32FN5O6/c1-23(2,3)35-21(32)27-17(9-26-4)20(31)29-11-14(8-18(29)19(25)30)34-22(33)28-10-13-6-5-7-16(24)15(13)12-28/h5-7,14,17-18,26H,8-12H2,1-4H3,(H2,25,30)(H,27,32). The summed E-state index contributed by atoms with van der Waals surface area (Å²) in [6.45, 7) is 5.33. The second-order valence-electron chi connectivity index (χ2n) is 9.64. The number of halogens is 1. The first-order valence-corrected chi connectivity index (χ1v) is 11.4. The number of rotatable bonds is 6. The van der Waals surface area contributed by atoms with Gasteiger partial charge in [0, 0.05) is 25.1 Å². The molecule has 4 amide bonds. The lowest BCUT2D eigenvalue weighted by molar-refractivity contribution is -0.139. The fourth-order valence-electron chi connectivity index (χ4n) is 4.18. The van der Waals surface area contributed by atoms with Gasteiger partial charge in [-0.2, -0.15) is 0 Å². The van der Waals surface area contributed by atoms with Crippen LogP contribution in [0.2, 0.25) is 0 Å². The number of nitrogens with zero attached hydrogens (tertiary/aromatic N) is 2. The van der Waals surface area contributed by atoms with Gasteiger partial charge in [0.1, 0.15) is 29.6 Å². The average molecular weight is 494 g/mol. The van der Waals surface area contributed by atoms with Crippen molar-refractivity contribution in [3.05, 3.63) is 35.1 Å². The lowest BCUT2D eigenvalue weighted by Crippen LogP contribution is -2.56. The molecule has 1 aromatic carbocycles. The van der Waals surface area contributed by atoms with Crippen molar-refractivity contribution in [3.8, 4) is 0 Å². The Labute approximate surface area is 203 Å². The zero-order valence-corrected chi connectivity index (χ0v) is 20.3. The molecule has 0 bridgehead atoms. The molecule has 0 spiro atoms. The first-order valence-electron chi connectivity index (χ1n) is 11.4. The molecule has 0 saturated carbocycles. The lowest BCUT2D eigenvalue weighted by Gasteiger charge is -2.28. The number of alkyl carbamates (subject to hydrolysis) is 1. The molecule has 35 heavy (non-hydrogen) atoms. The molecule has 1 aromatic rings. The fourth-order valence-corrected chi connectivity index (χ4v) is 4.18. The normalized spacial score (nSPS) is 20.3. The molecule has 2 heterocycles. The third-order valence-electron chi connectivity index (χ3n) is 5.72. The maximum absolute atomic E-state index is 14.0. The molecule has 11 nitrogen and oxygen atoms in total. The Morgan fingerprint density at radius 3 is 2.54 bits per heavy atom. The Morgan fingerprint density at radius 2 is 1.94 bits per heavy atom. The van der Waals surface area contributed by atoms with E-state index in [1.54, 1.807) is 40.0 Å². The molecule has 2 aliphatic heterocycles. The largest absolute Gasteiger partial charge is 0.444 e. The zero-order valence-electron chi connectivity index (χ0n) is 20.3. The van der Waals surface area contributed by atoms with Gasteiger partial charge in [-0.1, -0.05) is 12.1 Å². The van der Waals surface area contributed by atoms with Crippen LogP contribution in [0.3, 0.4) is 0 Å². The van der Waals surface area contributed by atoms with Gasteiger partial charge in [-0.15, -0.1) is 0 Å². The van der Waals surface area contributed by atoms with Crippen LogP contribution in [0, 0.1) is 5.82 Å². The van der Waals surface area contributed by atoms with Gasteiger partial charge >= 0.3 is 12.2 Å². The Balaban J connectivity index is 1.66. The van der Waals surface area contributed by atoms with E-state index in [9.17, 15) is 23.6 Å². The average Bonchev–Trinajstić information content (AvgIpc) is 3.37. The van der Waals surface area contributed by atoms with Crippen LogP contribution in [-0.4, -0.2) is 77.7 Å². The minimum Gasteiger partial charge on any atom is -0.444 e. The molecule has 3 unspecified atom stereocenters. The topological polar surface area (TPSA) is 143 Å². The molecule has 2 aliphatic rings. The number of ether oxygens (including phenoxy) is 2. The highest BCUT2D eigenvalue weighted by atomic mass is 19.1. The Morgan fingerprint density at radius 1 is 1.23 bits per heavy atom. The Kier molecular flexibility index (Phi) is 7.83. The third kappa shape index (κ3) is 6.38. The molecule has 3 rings (SSSR count). The molecule has 0 aromatic heterocycles. The van der Waals surface area contributed by atoms with E-state index in [2.05, 4.69) is 10.6 Å². The molecule has 3 atom stereocenters. The van der Waals surface area contributed by atoms with Crippen molar-refractivity contribution in [1.82, 2.24) is 20.4 Å². The highest BCUT2D eigenvalue weighted by Crippen LogP contribution is 2.27. The Hall–Kier alpha value is -3.41. The summed E-state index contributed by atoms with van der Waals surface area (Å²) in [5.74, 6) is -1.71. The van der Waals surface area contributed by atoms with Gasteiger partial charge in [-0.05, 0) is 39.4 Å². The van der Waals surface area contributed by atoms with E-state index in [-0.39, 0.29) is 32.6 Å². The summed E-state index contributed by atoms with van der Waals surface area (Å²) in [7, 11) is 1.61. The van der Waals surface area contributed by atoms with E-state index < -0.39 is 53.6 Å². The SMILES string of the molecule is CNCC(NC(=O)OC(C)(C)C)C(=O)N1CC(OC(=O)N2Cc3cccc(F)c3C2)CC1C(N)=O. The number of amides is 4. The van der Waals surface area contributed by atoms with Crippen LogP contribution in [0.15, 0.2) is 18.2 Å². The molecule has 192 valence electrons. The van der Waals surface area contributed by atoms with Crippen LogP contribution in [0.4, 0.5) is 14.0 Å². The van der Waals surface area contributed by atoms with Gasteiger partial charge in [0.15, 0.2) is 0 Å². The summed E-state index contributed by atoms with van der Waals surface area (Å²) in [6.07, 6.45) is -2.25. The van der Waals surface area contributed by atoms with Gasteiger partial charge in [0.2, 0.25) is 11.8 Å². The third-order valence-corrected chi connectivity index (χ3v) is 5.72. The predicted octanol–water partition coefficient (Wildman–Crippen LogP) is 0.845. The molecular weight excluding hydrogens is 461 g/mol. The summed E-state index contributed by atoms with van der Waals surface area (Å²) in [4.78, 5) is 52.8. The maximum atomic E-state index is 14.0. The van der Waals surface area contributed by atoms with Crippen molar-refractivity contribution in [1.29, 1.82) is 0 Å². The number of carbonyl (C=O) groups is 4. The minimum atomic E-state index is -1.04. The van der Waals surface area contributed by atoms with Crippen LogP contribution < -0.4 is 16.4 Å². The van der Waals surface area contributed by atoms with Gasteiger partial charge in [-0.25, -0.2) is 14.0 Å². The molecule has 0 aliphatic carbocycles. The van der Waals surface area contributed by atoms with E-state index in [1.807, 2.05) is 0 Å². The minimum absolute atomic E-state index is 0.0146. The molecule has 12 heteroatoms. The number of carbonyl (C=O) groups excluding carboxylic acids is 4. The van der Waals surface area contributed by atoms with Gasteiger partial charge in [0.25, 0.3) is 0 Å². The van der Waals surface area contributed by atoms with Crippen LogP contribution >= 0.6 is 0 Å². The number of likely N-dealkylation sites (N-methyl/N-ethyl adjacent to an activating group) is 1. The first kappa shape index (κ1) is 26.2. The fraction of sp³-hybridized carbons (Fsp3) is 0.565. The van der Waals surface area contributed by atoms with Crippen LogP contribution in [0.5, 0.6) is 0 Å². The summed E-state index contributed by atoms with van der Waals surface area (Å²) in [6, 6.07) is 2.59. The van der Waals surface area contributed by atoms with Crippen molar-refractivity contribution in [2.24, 2.45) is 5.73 Å². The summed E-state index contributed by atoms with van der Waals surface area (Å²) in [5, 5.41) is 5.33. The van der Waals surface area contributed by atoms with E-state index in [0.717, 1.165) is 0 Å². The van der Waals surface area contributed by atoms with Crippen LogP contribution in [0.1, 0.15) is 38.3 Å². The van der Waals surface area contributed by atoms with Crippen molar-refractivity contribution >= 4 is 24.0 Å². The highest BCUT2D eigenvalue weighted by Gasteiger charge is 2.43. The lowest BCUT2D eigenvalue weighted by atomic mass is 10.1. The number of nitrogens with one attached hydrogen (secondary N) is 2. The second-order valence-corrected chi connectivity index (χ2v) is 9.64. The molecular formula is C23H32FN5O6. The van der Waals surface area contributed by atoms with Gasteiger partial charge in [-0.3, -0.25) is 14.5 Å². The van der Waals surface area contributed by atoms with Gasteiger partial charge < -0.3 is 30.7 Å². The van der Waals surface area contributed by atoms with E-state index >= 15 is 0 Å². The molecule has 1 saturated heterocycles. The van der Waals surface area contributed by atoms with Crippen LogP contribution in [-0.2, 0) is 32.2 Å². The number of benzene rings is 1. The summed E-state index contributed by atoms with van der Waals surface area (Å²) >= 11 is 0.